The number of hydrogen-bond donors (Lipinski definition) is 1. The van der Waals surface area contributed by atoms with Crippen LogP contribution in [0, 0.1) is 0 Å². The molecule has 2 aromatic rings. The fourth-order valence-electron chi connectivity index (χ4n) is 2.45. The summed E-state index contributed by atoms with van der Waals surface area (Å²) >= 11 is 0. The highest BCUT2D eigenvalue weighted by molar-refractivity contribution is 5.90. The van der Waals surface area contributed by atoms with Gasteiger partial charge in [-0.1, -0.05) is 24.3 Å². The summed E-state index contributed by atoms with van der Waals surface area (Å²) in [5, 5.41) is 9.95. The molecule has 1 N–H and O–H groups in total. The van der Waals surface area contributed by atoms with Gasteiger partial charge in [-0.25, -0.2) is 0 Å². The molecule has 0 amide bonds. The number of benzene rings is 2. The van der Waals surface area contributed by atoms with Crippen molar-refractivity contribution in [1.82, 2.24) is 0 Å². The Morgan fingerprint density at radius 2 is 1.28 bits per heavy atom. The fourth-order valence-corrected chi connectivity index (χ4v) is 2.45. The molecule has 4 heteroatoms. The van der Waals surface area contributed by atoms with Crippen LogP contribution < -0.4 is 9.47 Å². The molecule has 0 radical (unpaired) electrons. The van der Waals surface area contributed by atoms with Crippen molar-refractivity contribution >= 4 is 5.78 Å². The van der Waals surface area contributed by atoms with E-state index in [1.54, 1.807) is 14.2 Å². The highest BCUT2D eigenvalue weighted by atomic mass is 16.5. The Hall–Kier alpha value is -2.75. The van der Waals surface area contributed by atoms with E-state index < -0.39 is 0 Å². The van der Waals surface area contributed by atoms with Gasteiger partial charge in [-0.15, -0.1) is 0 Å². The monoisotopic (exact) mass is 340 g/mol. The minimum Gasteiger partial charge on any atom is -0.512 e. The second-order valence-electron chi connectivity index (χ2n) is 5.80. The number of carbonyl (C=O) groups is 1. The lowest BCUT2D eigenvalue weighted by atomic mass is 10.1. The van der Waals surface area contributed by atoms with Crippen LogP contribution in [0.2, 0.25) is 0 Å². The Kier molecular flexibility index (Phi) is 7.08. The number of allylic oxidation sites excluding steroid dienone is 2. The van der Waals surface area contributed by atoms with E-state index in [4.69, 9.17) is 9.47 Å². The molecular weight excluding hydrogens is 316 g/mol. The Labute approximate surface area is 148 Å². The number of ether oxygens (including phenoxy) is 2. The molecule has 0 aromatic heterocycles. The molecule has 0 heterocycles. The first-order chi connectivity index (χ1) is 12.1. The summed E-state index contributed by atoms with van der Waals surface area (Å²) in [5.41, 5.74) is 2.16. The summed E-state index contributed by atoms with van der Waals surface area (Å²) in [6, 6.07) is 15.3. The zero-order chi connectivity index (χ0) is 18.1. The van der Waals surface area contributed by atoms with Gasteiger partial charge < -0.3 is 14.6 Å². The number of rotatable bonds is 9. The van der Waals surface area contributed by atoms with Crippen LogP contribution in [0.15, 0.2) is 60.4 Å². The van der Waals surface area contributed by atoms with Crippen molar-refractivity contribution in [3.63, 3.8) is 0 Å². The van der Waals surface area contributed by atoms with Crippen molar-refractivity contribution < 1.29 is 19.4 Å². The van der Waals surface area contributed by atoms with Crippen molar-refractivity contribution in [1.29, 1.82) is 0 Å². The average molecular weight is 340 g/mol. The lowest BCUT2D eigenvalue weighted by Crippen LogP contribution is -1.99. The average Bonchev–Trinajstić information content (AvgIpc) is 2.65. The smallest absolute Gasteiger partial charge is 0.159 e. The van der Waals surface area contributed by atoms with Crippen LogP contribution in [-0.2, 0) is 17.6 Å². The molecule has 2 aromatic carbocycles. The van der Waals surface area contributed by atoms with E-state index in [0.29, 0.717) is 25.7 Å². The van der Waals surface area contributed by atoms with E-state index in [-0.39, 0.29) is 11.5 Å². The van der Waals surface area contributed by atoms with Crippen molar-refractivity contribution in [2.75, 3.05) is 14.2 Å². The van der Waals surface area contributed by atoms with Crippen LogP contribution in [0.3, 0.4) is 0 Å². The molecule has 0 aliphatic carbocycles. The Morgan fingerprint density at radius 3 is 1.72 bits per heavy atom. The highest BCUT2D eigenvalue weighted by Crippen LogP contribution is 2.15. The van der Waals surface area contributed by atoms with Gasteiger partial charge in [0.1, 0.15) is 11.5 Å². The summed E-state index contributed by atoms with van der Waals surface area (Å²) in [7, 11) is 3.25. The van der Waals surface area contributed by atoms with Crippen molar-refractivity contribution in [2.45, 2.75) is 25.7 Å². The van der Waals surface area contributed by atoms with Gasteiger partial charge in [-0.05, 0) is 48.2 Å². The third-order valence-corrected chi connectivity index (χ3v) is 3.98. The second-order valence-corrected chi connectivity index (χ2v) is 5.80. The van der Waals surface area contributed by atoms with Crippen molar-refractivity contribution in [3.8, 4) is 11.5 Å². The standard InChI is InChI=1S/C21H24O4/c1-24-20-11-5-16(6-12-20)3-9-18(22)15-19(23)10-4-17-7-13-21(25-2)14-8-17/h5-8,11-15,22H,3-4,9-10H2,1-2H3/b18-15-. The number of aryl methyl sites for hydroxylation is 2. The fraction of sp³-hybridized carbons (Fsp3) is 0.286. The minimum atomic E-state index is -0.0666. The van der Waals surface area contributed by atoms with Gasteiger partial charge in [0.15, 0.2) is 5.78 Å². The van der Waals surface area contributed by atoms with Gasteiger partial charge in [0.2, 0.25) is 0 Å². The number of methoxy groups -OCH3 is 2. The maximum absolute atomic E-state index is 12.0. The van der Waals surface area contributed by atoms with E-state index in [1.807, 2.05) is 48.5 Å². The SMILES string of the molecule is COc1ccc(CCC(=O)/C=C(\O)CCc2ccc(OC)cc2)cc1. The van der Waals surface area contributed by atoms with Gasteiger partial charge in [0, 0.05) is 18.9 Å². The third-order valence-electron chi connectivity index (χ3n) is 3.98. The normalized spacial score (nSPS) is 11.2. The van der Waals surface area contributed by atoms with Crippen LogP contribution in [0.4, 0.5) is 0 Å². The topological polar surface area (TPSA) is 55.8 Å². The van der Waals surface area contributed by atoms with Gasteiger partial charge in [0.25, 0.3) is 0 Å². The molecule has 0 unspecified atom stereocenters. The van der Waals surface area contributed by atoms with Gasteiger partial charge >= 0.3 is 0 Å². The van der Waals surface area contributed by atoms with Crippen LogP contribution in [0.5, 0.6) is 11.5 Å². The number of hydrogen-bond acceptors (Lipinski definition) is 4. The zero-order valence-electron chi connectivity index (χ0n) is 14.7. The van der Waals surface area contributed by atoms with Crippen molar-refractivity contribution in [3.05, 3.63) is 71.5 Å². The van der Waals surface area contributed by atoms with E-state index in [2.05, 4.69) is 0 Å². The van der Waals surface area contributed by atoms with E-state index >= 15 is 0 Å². The molecule has 0 saturated carbocycles. The number of carbonyl (C=O) groups excluding carboxylic acids is 1. The first-order valence-corrected chi connectivity index (χ1v) is 8.29. The van der Waals surface area contributed by atoms with Gasteiger partial charge in [-0.2, -0.15) is 0 Å². The molecule has 2 rings (SSSR count). The van der Waals surface area contributed by atoms with Gasteiger partial charge in [0.05, 0.1) is 20.0 Å². The Balaban J connectivity index is 1.78. The molecule has 0 bridgehead atoms. The zero-order valence-corrected chi connectivity index (χ0v) is 14.7. The molecule has 25 heavy (non-hydrogen) atoms. The predicted octanol–water partition coefficient (Wildman–Crippen LogP) is 4.28. The Bertz CT molecular complexity index is 700. The number of aliphatic hydroxyl groups excluding tert-OH is 1. The number of aliphatic hydroxyl groups is 1. The summed E-state index contributed by atoms with van der Waals surface area (Å²) in [6.07, 6.45) is 3.48. The molecular formula is C21H24O4. The lowest BCUT2D eigenvalue weighted by molar-refractivity contribution is -0.114. The predicted molar refractivity (Wildman–Crippen MR) is 98.3 cm³/mol. The summed E-state index contributed by atoms with van der Waals surface area (Å²) < 4.78 is 10.2. The van der Waals surface area contributed by atoms with Crippen LogP contribution in [0.1, 0.15) is 24.0 Å². The molecule has 4 nitrogen and oxygen atoms in total. The summed E-state index contributed by atoms with van der Waals surface area (Å²) in [5.74, 6) is 1.65. The van der Waals surface area contributed by atoms with Gasteiger partial charge in [-0.3, -0.25) is 4.79 Å². The molecule has 0 fully saturated rings. The summed E-state index contributed by atoms with van der Waals surface area (Å²) in [6.45, 7) is 0. The molecule has 0 saturated heterocycles. The molecule has 0 spiro atoms. The maximum Gasteiger partial charge on any atom is 0.159 e. The molecule has 0 atom stereocenters. The number of ketones is 1. The first kappa shape index (κ1) is 18.6. The molecule has 132 valence electrons. The molecule has 0 aliphatic heterocycles. The van der Waals surface area contributed by atoms with Crippen molar-refractivity contribution in [2.24, 2.45) is 0 Å². The molecule has 0 aliphatic rings. The maximum atomic E-state index is 12.0. The van der Waals surface area contributed by atoms with Crippen LogP contribution in [-0.4, -0.2) is 25.1 Å². The van der Waals surface area contributed by atoms with E-state index in [9.17, 15) is 9.90 Å². The summed E-state index contributed by atoms with van der Waals surface area (Å²) in [4.78, 5) is 12.0. The third kappa shape index (κ3) is 6.34. The quantitative estimate of drug-likeness (QED) is 0.547. The van der Waals surface area contributed by atoms with Crippen LogP contribution >= 0.6 is 0 Å². The van der Waals surface area contributed by atoms with E-state index in [1.165, 1.54) is 6.08 Å². The minimum absolute atomic E-state index is 0.0666. The highest BCUT2D eigenvalue weighted by Gasteiger charge is 2.04. The van der Waals surface area contributed by atoms with E-state index in [0.717, 1.165) is 22.6 Å². The Morgan fingerprint density at radius 1 is 0.840 bits per heavy atom. The second kappa shape index (κ2) is 9.52. The largest absolute Gasteiger partial charge is 0.512 e. The first-order valence-electron chi connectivity index (χ1n) is 8.29. The van der Waals surface area contributed by atoms with Crippen LogP contribution in [0.25, 0.3) is 0 Å². The lowest BCUT2D eigenvalue weighted by Gasteiger charge is -2.04.